The third kappa shape index (κ3) is 5.68. The molecule has 3 aromatic rings. The first-order chi connectivity index (χ1) is 16.0. The molecule has 170 valence electrons. The topological polar surface area (TPSA) is 87.5 Å². The van der Waals surface area contributed by atoms with Crippen LogP contribution in [0.15, 0.2) is 78.9 Å². The lowest BCUT2D eigenvalue weighted by Crippen LogP contribution is -2.45. The maximum atomic E-state index is 13.3. The highest BCUT2D eigenvalue weighted by Gasteiger charge is 2.27. The van der Waals surface area contributed by atoms with Gasteiger partial charge in [0.1, 0.15) is 5.82 Å². The van der Waals surface area contributed by atoms with Gasteiger partial charge in [0.25, 0.3) is 5.91 Å². The Bertz CT molecular complexity index is 1100. The minimum Gasteiger partial charge on any atom is -0.369 e. The Hall–Kier alpha value is -3.87. The lowest BCUT2D eigenvalue weighted by molar-refractivity contribution is 0.100. The van der Waals surface area contributed by atoms with Crippen molar-refractivity contribution >= 4 is 17.6 Å². The molecule has 7 heteroatoms. The molecule has 1 aliphatic rings. The van der Waals surface area contributed by atoms with Gasteiger partial charge in [-0.2, -0.15) is 0 Å². The predicted octanol–water partition coefficient (Wildman–Crippen LogP) is 3.79. The van der Waals surface area contributed by atoms with Gasteiger partial charge in [0.05, 0.1) is 11.6 Å². The van der Waals surface area contributed by atoms with Crippen molar-refractivity contribution in [3.63, 3.8) is 0 Å². The maximum absolute atomic E-state index is 13.3. The Balaban J connectivity index is 1.41. The van der Waals surface area contributed by atoms with Crippen LogP contribution in [-0.2, 0) is 6.42 Å². The molecule has 1 fully saturated rings. The number of nitrogens with zero attached hydrogens (tertiary/aromatic N) is 1. The molecule has 2 atom stereocenters. The van der Waals surface area contributed by atoms with Gasteiger partial charge in [-0.1, -0.05) is 54.6 Å². The van der Waals surface area contributed by atoms with E-state index in [1.165, 1.54) is 12.1 Å². The van der Waals surface area contributed by atoms with Crippen molar-refractivity contribution in [2.45, 2.75) is 24.9 Å². The van der Waals surface area contributed by atoms with Crippen LogP contribution in [0.25, 0.3) is 0 Å². The molecule has 0 saturated carbocycles. The Morgan fingerprint density at radius 1 is 1.00 bits per heavy atom. The van der Waals surface area contributed by atoms with Gasteiger partial charge in [-0.25, -0.2) is 9.18 Å². The molecule has 0 spiro atoms. The van der Waals surface area contributed by atoms with E-state index in [2.05, 4.69) is 15.5 Å². The lowest BCUT2D eigenvalue weighted by atomic mass is 9.99. The van der Waals surface area contributed by atoms with E-state index < -0.39 is 5.91 Å². The fourth-order valence-electron chi connectivity index (χ4n) is 4.23. The van der Waals surface area contributed by atoms with Crippen LogP contribution < -0.4 is 21.3 Å². The summed E-state index contributed by atoms with van der Waals surface area (Å²) >= 11 is 0. The molecule has 33 heavy (non-hydrogen) atoms. The third-order valence-corrected chi connectivity index (χ3v) is 5.89. The fourth-order valence-corrected chi connectivity index (χ4v) is 4.23. The standard InChI is InChI=1S/C26H27FN4O2/c27-20-12-10-18(11-13-20)16-23(19-6-2-1-3-7-19)30-26(33)29-21-14-15-31(17-21)24-9-5-4-8-22(24)25(28)32/h1-13,21,23H,14-17H2,(H2,28,32)(H2,29,30,33). The summed E-state index contributed by atoms with van der Waals surface area (Å²) in [6.07, 6.45) is 1.30. The van der Waals surface area contributed by atoms with Crippen LogP contribution in [0, 0.1) is 5.82 Å². The van der Waals surface area contributed by atoms with Gasteiger partial charge in [-0.15, -0.1) is 0 Å². The zero-order valence-electron chi connectivity index (χ0n) is 18.2. The fraction of sp³-hybridized carbons (Fsp3) is 0.231. The number of hydrogen-bond donors (Lipinski definition) is 3. The van der Waals surface area contributed by atoms with Crippen molar-refractivity contribution in [2.24, 2.45) is 5.73 Å². The summed E-state index contributed by atoms with van der Waals surface area (Å²) in [4.78, 5) is 26.7. The average Bonchev–Trinajstić information content (AvgIpc) is 3.28. The highest BCUT2D eigenvalue weighted by Crippen LogP contribution is 2.25. The van der Waals surface area contributed by atoms with E-state index in [4.69, 9.17) is 5.73 Å². The van der Waals surface area contributed by atoms with Crippen LogP contribution in [0.1, 0.15) is 33.9 Å². The average molecular weight is 447 g/mol. The molecular weight excluding hydrogens is 419 g/mol. The summed E-state index contributed by atoms with van der Waals surface area (Å²) in [5.74, 6) is -0.754. The number of carbonyl (C=O) groups excluding carboxylic acids is 2. The molecule has 1 aliphatic heterocycles. The Labute approximate surface area is 192 Å². The molecule has 4 N–H and O–H groups in total. The van der Waals surface area contributed by atoms with E-state index in [9.17, 15) is 14.0 Å². The monoisotopic (exact) mass is 446 g/mol. The van der Waals surface area contributed by atoms with Crippen LogP contribution in [0.5, 0.6) is 0 Å². The Morgan fingerprint density at radius 3 is 2.42 bits per heavy atom. The minimum absolute atomic E-state index is 0.0619. The van der Waals surface area contributed by atoms with Gasteiger partial charge in [0, 0.05) is 24.8 Å². The van der Waals surface area contributed by atoms with Gasteiger partial charge < -0.3 is 21.3 Å². The number of anilines is 1. The number of hydrogen-bond acceptors (Lipinski definition) is 3. The predicted molar refractivity (Wildman–Crippen MR) is 127 cm³/mol. The van der Waals surface area contributed by atoms with Crippen molar-refractivity contribution in [1.82, 2.24) is 10.6 Å². The molecule has 0 aromatic heterocycles. The molecule has 3 aromatic carbocycles. The molecule has 0 aliphatic carbocycles. The van der Waals surface area contributed by atoms with E-state index in [-0.39, 0.29) is 23.9 Å². The molecular formula is C26H27FN4O2. The van der Waals surface area contributed by atoms with Crippen LogP contribution in [0.3, 0.4) is 0 Å². The van der Waals surface area contributed by atoms with Crippen molar-refractivity contribution in [2.75, 3.05) is 18.0 Å². The number of carbonyl (C=O) groups is 2. The van der Waals surface area contributed by atoms with Crippen molar-refractivity contribution in [1.29, 1.82) is 0 Å². The molecule has 6 nitrogen and oxygen atoms in total. The molecule has 1 heterocycles. The minimum atomic E-state index is -0.466. The summed E-state index contributed by atoms with van der Waals surface area (Å²) in [7, 11) is 0. The van der Waals surface area contributed by atoms with Gasteiger partial charge in [0.2, 0.25) is 0 Å². The van der Waals surface area contributed by atoms with E-state index in [1.54, 1.807) is 24.3 Å². The van der Waals surface area contributed by atoms with Crippen LogP contribution >= 0.6 is 0 Å². The summed E-state index contributed by atoms with van der Waals surface area (Å²) in [5.41, 5.74) is 8.68. The summed E-state index contributed by atoms with van der Waals surface area (Å²) < 4.78 is 13.3. The lowest BCUT2D eigenvalue weighted by Gasteiger charge is -2.23. The SMILES string of the molecule is NC(=O)c1ccccc1N1CCC(NC(=O)NC(Cc2ccc(F)cc2)c2ccccc2)C1. The van der Waals surface area contributed by atoms with Crippen LogP contribution in [0.2, 0.25) is 0 Å². The van der Waals surface area contributed by atoms with Gasteiger partial charge in [-0.05, 0) is 48.2 Å². The Morgan fingerprint density at radius 2 is 1.70 bits per heavy atom. The number of urea groups is 1. The molecule has 2 unspecified atom stereocenters. The quantitative estimate of drug-likeness (QED) is 0.516. The van der Waals surface area contributed by atoms with Crippen molar-refractivity contribution in [3.8, 4) is 0 Å². The van der Waals surface area contributed by atoms with E-state index in [0.717, 1.165) is 23.2 Å². The molecule has 3 amide bonds. The first-order valence-corrected chi connectivity index (χ1v) is 11.0. The first-order valence-electron chi connectivity index (χ1n) is 11.0. The summed E-state index contributed by atoms with van der Waals surface area (Å²) in [6.45, 7) is 1.30. The number of rotatable bonds is 7. The maximum Gasteiger partial charge on any atom is 0.315 e. The van der Waals surface area contributed by atoms with Crippen LogP contribution in [-0.4, -0.2) is 31.1 Å². The number of amides is 3. The van der Waals surface area contributed by atoms with Gasteiger partial charge >= 0.3 is 6.03 Å². The first kappa shape index (κ1) is 22.3. The number of nitrogens with one attached hydrogen (secondary N) is 2. The molecule has 0 bridgehead atoms. The van der Waals surface area contributed by atoms with E-state index in [1.807, 2.05) is 42.5 Å². The number of primary amides is 1. The van der Waals surface area contributed by atoms with Crippen LogP contribution in [0.4, 0.5) is 14.9 Å². The van der Waals surface area contributed by atoms with Crippen molar-refractivity contribution in [3.05, 3.63) is 101 Å². The molecule has 4 rings (SSSR count). The summed E-state index contributed by atoms with van der Waals surface area (Å²) in [6, 6.07) is 22.7. The normalized spacial score (nSPS) is 16.3. The largest absolute Gasteiger partial charge is 0.369 e. The number of nitrogens with two attached hydrogens (primary N) is 1. The number of halogens is 1. The molecule has 0 radical (unpaired) electrons. The number of para-hydroxylation sites is 1. The molecule has 1 saturated heterocycles. The Kier molecular flexibility index (Phi) is 6.88. The summed E-state index contributed by atoms with van der Waals surface area (Å²) in [5, 5.41) is 6.13. The van der Waals surface area contributed by atoms with E-state index in [0.29, 0.717) is 25.1 Å². The second-order valence-electron chi connectivity index (χ2n) is 8.22. The zero-order valence-corrected chi connectivity index (χ0v) is 18.2. The highest BCUT2D eigenvalue weighted by molar-refractivity contribution is 5.98. The van der Waals surface area contributed by atoms with Gasteiger partial charge in [-0.3, -0.25) is 4.79 Å². The zero-order chi connectivity index (χ0) is 23.2. The van der Waals surface area contributed by atoms with E-state index >= 15 is 0 Å². The van der Waals surface area contributed by atoms with Gasteiger partial charge in [0.15, 0.2) is 0 Å². The third-order valence-electron chi connectivity index (χ3n) is 5.89. The van der Waals surface area contributed by atoms with Crippen molar-refractivity contribution < 1.29 is 14.0 Å². The number of benzene rings is 3. The highest BCUT2D eigenvalue weighted by atomic mass is 19.1. The second-order valence-corrected chi connectivity index (χ2v) is 8.22. The smallest absolute Gasteiger partial charge is 0.315 e. The second kappa shape index (κ2) is 10.2.